The van der Waals surface area contributed by atoms with Gasteiger partial charge in [0.25, 0.3) is 5.56 Å². The molecule has 135 valence electrons. The number of fused-ring (bicyclic) bond motifs is 1. The topological polar surface area (TPSA) is 74.3 Å². The third-order valence-electron chi connectivity index (χ3n) is 4.42. The Bertz CT molecular complexity index is 979. The number of dihydropyridines is 1. The Morgan fingerprint density at radius 2 is 2.15 bits per heavy atom. The number of aromatic nitrogens is 1. The Morgan fingerprint density at radius 3 is 2.85 bits per heavy atom. The van der Waals surface area contributed by atoms with E-state index >= 15 is 0 Å². The van der Waals surface area contributed by atoms with Crippen molar-refractivity contribution < 1.29 is 13.6 Å². The number of hydrogen-bond donors (Lipinski definition) is 2. The maximum absolute atomic E-state index is 14.1. The monoisotopic (exact) mass is 358 g/mol. The standard InChI is InChI=1S/C19H18F2N3O2/c1-10-13(19(26)24-16-5-3-4-14(21)18(10)16)8-17(25)23-11(2)15-7-6-12(20)9-22-15/h3-7,9,11,15H,8H2,1-2H3,(H,23,25)(H,24,26)/t11-,15?/m1/s1. The van der Waals surface area contributed by atoms with Crippen LogP contribution in [0.25, 0.3) is 10.9 Å². The highest BCUT2D eigenvalue weighted by molar-refractivity contribution is 5.86. The van der Waals surface area contributed by atoms with Gasteiger partial charge in [-0.05, 0) is 37.6 Å². The predicted molar refractivity (Wildman–Crippen MR) is 96.3 cm³/mol. The normalized spacial score (nSPS) is 17.8. The Morgan fingerprint density at radius 1 is 1.38 bits per heavy atom. The number of rotatable bonds is 4. The molecule has 0 saturated heterocycles. The number of hydrogen-bond acceptors (Lipinski definition) is 3. The number of nitrogens with one attached hydrogen (secondary N) is 2. The van der Waals surface area contributed by atoms with Crippen molar-refractivity contribution in [3.05, 3.63) is 63.8 Å². The molecule has 0 fully saturated rings. The number of aliphatic imine (C=N–C) groups is 1. The molecule has 1 aliphatic rings. The third kappa shape index (κ3) is 3.56. The Hall–Kier alpha value is -2.83. The fourth-order valence-electron chi connectivity index (χ4n) is 3.03. The minimum Gasteiger partial charge on any atom is -0.351 e. The summed E-state index contributed by atoms with van der Waals surface area (Å²) >= 11 is 0. The van der Waals surface area contributed by atoms with E-state index in [4.69, 9.17) is 0 Å². The zero-order valence-corrected chi connectivity index (χ0v) is 14.3. The highest BCUT2D eigenvalue weighted by Gasteiger charge is 2.21. The summed E-state index contributed by atoms with van der Waals surface area (Å²) in [6.45, 7) is 3.37. The molecule has 2 N–H and O–H groups in total. The zero-order chi connectivity index (χ0) is 18.8. The number of carbonyl (C=O) groups is 1. The maximum Gasteiger partial charge on any atom is 0.252 e. The van der Waals surface area contributed by atoms with Gasteiger partial charge in [0.2, 0.25) is 5.91 Å². The van der Waals surface area contributed by atoms with Crippen LogP contribution in [-0.4, -0.2) is 29.2 Å². The summed E-state index contributed by atoms with van der Waals surface area (Å²) in [7, 11) is 0. The molecule has 1 aromatic carbocycles. The van der Waals surface area contributed by atoms with E-state index in [2.05, 4.69) is 15.3 Å². The molecule has 2 aromatic rings. The first-order chi connectivity index (χ1) is 12.4. The molecule has 1 aromatic heterocycles. The van der Waals surface area contributed by atoms with Gasteiger partial charge in [0, 0.05) is 23.4 Å². The van der Waals surface area contributed by atoms with E-state index in [9.17, 15) is 18.4 Å². The summed E-state index contributed by atoms with van der Waals surface area (Å²) in [4.78, 5) is 31.2. The first kappa shape index (κ1) is 18.0. The Balaban J connectivity index is 1.78. The molecule has 0 saturated carbocycles. The highest BCUT2D eigenvalue weighted by Crippen LogP contribution is 2.21. The van der Waals surface area contributed by atoms with Crippen molar-refractivity contribution in [1.29, 1.82) is 0 Å². The van der Waals surface area contributed by atoms with Gasteiger partial charge in [-0.25, -0.2) is 8.78 Å². The number of pyridine rings is 1. The van der Waals surface area contributed by atoms with Gasteiger partial charge in [-0.1, -0.05) is 6.07 Å². The first-order valence-corrected chi connectivity index (χ1v) is 8.20. The molecule has 2 heterocycles. The molecule has 3 rings (SSSR count). The zero-order valence-electron chi connectivity index (χ0n) is 14.3. The highest BCUT2D eigenvalue weighted by atomic mass is 19.1. The van der Waals surface area contributed by atoms with Crippen molar-refractivity contribution in [2.24, 2.45) is 4.99 Å². The van der Waals surface area contributed by atoms with E-state index in [0.29, 0.717) is 16.5 Å². The molecular weight excluding hydrogens is 340 g/mol. The second-order valence-corrected chi connectivity index (χ2v) is 6.27. The van der Waals surface area contributed by atoms with Crippen molar-refractivity contribution in [3.63, 3.8) is 0 Å². The molecule has 26 heavy (non-hydrogen) atoms. The number of nitrogens with zero attached hydrogens (tertiary/aromatic N) is 1. The third-order valence-corrected chi connectivity index (χ3v) is 4.42. The number of allylic oxidation sites excluding steroid dienone is 1. The molecule has 1 radical (unpaired) electrons. The van der Waals surface area contributed by atoms with Crippen LogP contribution in [0.5, 0.6) is 0 Å². The summed E-state index contributed by atoms with van der Waals surface area (Å²) < 4.78 is 27.0. The van der Waals surface area contributed by atoms with Gasteiger partial charge in [0.1, 0.15) is 11.6 Å². The average Bonchev–Trinajstić information content (AvgIpc) is 2.59. The van der Waals surface area contributed by atoms with E-state index in [1.807, 2.05) is 0 Å². The fraction of sp³-hybridized carbons (Fsp3) is 0.263. The number of aryl methyl sites for hydroxylation is 1. The smallest absolute Gasteiger partial charge is 0.252 e. The van der Waals surface area contributed by atoms with Crippen molar-refractivity contribution in [3.8, 4) is 0 Å². The number of benzene rings is 1. The summed E-state index contributed by atoms with van der Waals surface area (Å²) in [5.41, 5.74) is 0.631. The Kier molecular flexibility index (Phi) is 4.97. The van der Waals surface area contributed by atoms with Crippen molar-refractivity contribution >= 4 is 23.0 Å². The van der Waals surface area contributed by atoms with Crippen molar-refractivity contribution in [1.82, 2.24) is 10.3 Å². The van der Waals surface area contributed by atoms with Gasteiger partial charge >= 0.3 is 0 Å². The van der Waals surface area contributed by atoms with Crippen LogP contribution in [0.1, 0.15) is 18.1 Å². The largest absolute Gasteiger partial charge is 0.351 e. The van der Waals surface area contributed by atoms with Gasteiger partial charge in [-0.15, -0.1) is 0 Å². The molecule has 0 spiro atoms. The molecule has 1 unspecified atom stereocenters. The first-order valence-electron chi connectivity index (χ1n) is 8.20. The SMILES string of the molecule is Cc1c(CC(=O)N[C@H](C)C2[CH]C=C(F)C=N2)c(=O)[nH]c2cccc(F)c12. The molecule has 5 nitrogen and oxygen atoms in total. The summed E-state index contributed by atoms with van der Waals surface area (Å²) in [6.07, 6.45) is 3.77. The van der Waals surface area contributed by atoms with Crippen LogP contribution in [0.15, 0.2) is 39.9 Å². The predicted octanol–water partition coefficient (Wildman–Crippen LogP) is 2.53. The summed E-state index contributed by atoms with van der Waals surface area (Å²) in [6, 6.07) is 3.68. The average molecular weight is 358 g/mol. The van der Waals surface area contributed by atoms with Crippen LogP contribution in [0, 0.1) is 19.2 Å². The molecule has 1 amide bonds. The van der Waals surface area contributed by atoms with E-state index in [1.165, 1.54) is 18.2 Å². The minimum absolute atomic E-state index is 0.184. The van der Waals surface area contributed by atoms with Crippen molar-refractivity contribution in [2.75, 3.05) is 0 Å². The van der Waals surface area contributed by atoms with E-state index in [-0.39, 0.29) is 30.0 Å². The van der Waals surface area contributed by atoms with Gasteiger partial charge < -0.3 is 10.3 Å². The lowest BCUT2D eigenvalue weighted by atomic mass is 10.0. The van der Waals surface area contributed by atoms with Crippen LogP contribution in [0.4, 0.5) is 8.78 Å². The van der Waals surface area contributed by atoms with Gasteiger partial charge in [-0.3, -0.25) is 14.6 Å². The Labute approximate surface area is 148 Å². The number of H-pyrrole nitrogens is 1. The lowest BCUT2D eigenvalue weighted by molar-refractivity contribution is -0.121. The van der Waals surface area contributed by atoms with E-state index in [0.717, 1.165) is 6.21 Å². The van der Waals surface area contributed by atoms with Crippen LogP contribution in [0.3, 0.4) is 0 Å². The maximum atomic E-state index is 14.1. The molecule has 7 heteroatoms. The second-order valence-electron chi connectivity index (χ2n) is 6.27. The van der Waals surface area contributed by atoms with Crippen LogP contribution < -0.4 is 10.9 Å². The summed E-state index contributed by atoms with van der Waals surface area (Å²) in [5, 5.41) is 3.05. The van der Waals surface area contributed by atoms with Crippen LogP contribution >= 0.6 is 0 Å². The van der Waals surface area contributed by atoms with Crippen LogP contribution in [0.2, 0.25) is 0 Å². The summed E-state index contributed by atoms with van der Waals surface area (Å²) in [5.74, 6) is -1.29. The number of halogens is 2. The quantitative estimate of drug-likeness (QED) is 0.881. The van der Waals surface area contributed by atoms with Gasteiger partial charge in [0.05, 0.1) is 24.2 Å². The van der Waals surface area contributed by atoms with E-state index < -0.39 is 17.2 Å². The lowest BCUT2D eigenvalue weighted by Crippen LogP contribution is -2.42. The molecule has 2 atom stereocenters. The number of carbonyl (C=O) groups excluding carboxylic acids is 1. The number of aromatic amines is 1. The molecular formula is C19H18F2N3O2. The van der Waals surface area contributed by atoms with Crippen LogP contribution in [-0.2, 0) is 11.2 Å². The number of amides is 1. The molecule has 0 aliphatic carbocycles. The van der Waals surface area contributed by atoms with E-state index in [1.54, 1.807) is 26.3 Å². The van der Waals surface area contributed by atoms with Gasteiger partial charge in [0.15, 0.2) is 0 Å². The van der Waals surface area contributed by atoms with Gasteiger partial charge in [-0.2, -0.15) is 0 Å². The lowest BCUT2D eigenvalue weighted by Gasteiger charge is -2.22. The molecule has 1 aliphatic heterocycles. The fourth-order valence-corrected chi connectivity index (χ4v) is 3.03. The second kappa shape index (κ2) is 7.19. The minimum atomic E-state index is -0.453. The molecule has 0 bridgehead atoms. The van der Waals surface area contributed by atoms with Crippen molar-refractivity contribution in [2.45, 2.75) is 32.4 Å².